The van der Waals surface area contributed by atoms with E-state index in [2.05, 4.69) is 47.7 Å². The number of ether oxygens (including phenoxy) is 1. The molecule has 0 bridgehead atoms. The lowest BCUT2D eigenvalue weighted by molar-refractivity contribution is -0.133. The molecule has 1 N–H and O–H groups in total. The van der Waals surface area contributed by atoms with E-state index in [1.807, 2.05) is 47.6 Å². The zero-order chi connectivity index (χ0) is 28.9. The molecule has 2 aliphatic heterocycles. The predicted octanol–water partition coefficient (Wildman–Crippen LogP) is 4.69. The maximum atomic E-state index is 14.4. The van der Waals surface area contributed by atoms with Crippen molar-refractivity contribution in [2.75, 3.05) is 20.2 Å². The number of methoxy groups -OCH3 is 1. The van der Waals surface area contributed by atoms with Crippen LogP contribution in [0.15, 0.2) is 47.5 Å². The summed E-state index contributed by atoms with van der Waals surface area (Å²) in [6.45, 7) is 12.6. The normalized spacial score (nSPS) is 18.8. The second-order valence-corrected chi connectivity index (χ2v) is 11.8. The number of carbonyl (C=O) groups excluding carboxylic acids is 3. The number of aromatic nitrogens is 1. The van der Waals surface area contributed by atoms with Gasteiger partial charge in [-0.05, 0) is 69.5 Å². The van der Waals surface area contributed by atoms with Gasteiger partial charge < -0.3 is 24.4 Å². The monoisotopic (exact) mass is 606 g/mol. The van der Waals surface area contributed by atoms with Crippen LogP contribution in [0.5, 0.6) is 5.75 Å². The third-order valence-electron chi connectivity index (χ3n) is 8.29. The summed E-state index contributed by atoms with van der Waals surface area (Å²) in [5.74, 6) is 0.511. The van der Waals surface area contributed by atoms with Crippen molar-refractivity contribution in [2.24, 2.45) is 0 Å². The Morgan fingerprint density at radius 2 is 1.90 bits per heavy atom. The Hall–Kier alpha value is -3.59. The lowest BCUT2D eigenvalue weighted by Crippen LogP contribution is -2.61. The Balaban J connectivity index is 1.49. The average molecular weight is 608 g/mol. The van der Waals surface area contributed by atoms with Crippen molar-refractivity contribution in [1.29, 1.82) is 0 Å². The highest BCUT2D eigenvalue weighted by atomic mass is 79.9. The van der Waals surface area contributed by atoms with Gasteiger partial charge in [0.05, 0.1) is 30.3 Å². The van der Waals surface area contributed by atoms with E-state index in [1.165, 1.54) is 6.08 Å². The van der Waals surface area contributed by atoms with Crippen LogP contribution in [0.2, 0.25) is 0 Å². The van der Waals surface area contributed by atoms with Gasteiger partial charge in [0, 0.05) is 40.2 Å². The number of likely N-dealkylation sites (tertiary alicyclic amines) is 1. The van der Waals surface area contributed by atoms with Crippen molar-refractivity contribution in [3.8, 4) is 5.75 Å². The van der Waals surface area contributed by atoms with Crippen molar-refractivity contribution in [3.05, 3.63) is 75.4 Å². The van der Waals surface area contributed by atoms with Gasteiger partial charge in [-0.3, -0.25) is 14.4 Å². The fourth-order valence-electron chi connectivity index (χ4n) is 6.36. The van der Waals surface area contributed by atoms with Crippen LogP contribution < -0.4 is 10.1 Å². The Kier molecular flexibility index (Phi) is 7.52. The van der Waals surface area contributed by atoms with Crippen LogP contribution in [0, 0.1) is 13.8 Å². The first kappa shape index (κ1) is 28.0. The fraction of sp³-hybridized carbons (Fsp3) is 0.387. The third kappa shape index (κ3) is 4.70. The van der Waals surface area contributed by atoms with Crippen LogP contribution in [-0.4, -0.2) is 64.4 Å². The van der Waals surface area contributed by atoms with Gasteiger partial charge in [0.2, 0.25) is 11.8 Å². The first-order valence-corrected chi connectivity index (χ1v) is 14.3. The summed E-state index contributed by atoms with van der Waals surface area (Å²) < 4.78 is 8.45. The van der Waals surface area contributed by atoms with Gasteiger partial charge in [0.15, 0.2) is 0 Å². The molecule has 3 heterocycles. The van der Waals surface area contributed by atoms with Gasteiger partial charge in [-0.15, -0.1) is 0 Å². The molecule has 0 spiro atoms. The molecule has 40 heavy (non-hydrogen) atoms. The molecule has 1 saturated heterocycles. The highest BCUT2D eigenvalue weighted by Crippen LogP contribution is 2.40. The van der Waals surface area contributed by atoms with Crippen LogP contribution in [0.3, 0.4) is 0 Å². The number of hydrogen-bond donors (Lipinski definition) is 1. The number of nitrogens with zero attached hydrogens (tertiary/aromatic N) is 3. The van der Waals surface area contributed by atoms with Crippen molar-refractivity contribution >= 4 is 44.6 Å². The summed E-state index contributed by atoms with van der Waals surface area (Å²) in [5, 5.41) is 3.85. The number of hydrogen-bond acceptors (Lipinski definition) is 4. The second-order valence-electron chi connectivity index (χ2n) is 10.8. The molecule has 0 unspecified atom stereocenters. The minimum absolute atomic E-state index is 0.0412. The molecule has 0 radical (unpaired) electrons. The van der Waals surface area contributed by atoms with E-state index in [4.69, 9.17) is 4.74 Å². The largest absolute Gasteiger partial charge is 0.496 e. The number of rotatable bonds is 6. The van der Waals surface area contributed by atoms with Crippen molar-refractivity contribution in [3.63, 3.8) is 0 Å². The lowest BCUT2D eigenvalue weighted by Gasteiger charge is -2.41. The van der Waals surface area contributed by atoms with E-state index in [9.17, 15) is 14.4 Å². The highest BCUT2D eigenvalue weighted by Gasteiger charge is 2.37. The summed E-state index contributed by atoms with van der Waals surface area (Å²) in [7, 11) is 1.68. The molecule has 2 aliphatic rings. The number of aryl methyl sites for hydroxylation is 1. The minimum atomic E-state index is -0.155. The smallest absolute Gasteiger partial charge is 0.257 e. The topological polar surface area (TPSA) is 83.9 Å². The number of fused-ring (bicyclic) bond motifs is 2. The molecule has 9 heteroatoms. The number of amides is 3. The number of carbonyl (C=O) groups is 3. The number of nitrogens with one attached hydrogen (secondary N) is 1. The van der Waals surface area contributed by atoms with E-state index in [0.717, 1.165) is 43.5 Å². The molecule has 3 amide bonds. The maximum Gasteiger partial charge on any atom is 0.257 e. The average Bonchev–Trinajstić information content (AvgIpc) is 3.15. The molecule has 2 atom stereocenters. The zero-order valence-electron chi connectivity index (χ0n) is 23.6. The van der Waals surface area contributed by atoms with E-state index in [0.29, 0.717) is 25.1 Å². The first-order valence-electron chi connectivity index (χ1n) is 13.5. The van der Waals surface area contributed by atoms with Gasteiger partial charge in [-0.1, -0.05) is 34.6 Å². The van der Waals surface area contributed by atoms with Crippen LogP contribution in [0.25, 0.3) is 10.9 Å². The SMILES string of the molecule is C=CC(=O)N1CC(NC(=O)Cn2c(C)c(C(=O)N3[C@H](C)Cc4c(OC)cccc4[C@@H]3C)c3cc(Br)cc(C)c32)C1. The summed E-state index contributed by atoms with van der Waals surface area (Å²) in [6, 6.07) is 9.70. The number of benzene rings is 2. The third-order valence-corrected chi connectivity index (χ3v) is 8.74. The number of halogens is 1. The summed E-state index contributed by atoms with van der Waals surface area (Å²) in [4.78, 5) is 42.9. The van der Waals surface area contributed by atoms with Crippen LogP contribution in [0.4, 0.5) is 0 Å². The van der Waals surface area contributed by atoms with Gasteiger partial charge >= 0.3 is 0 Å². The standard InChI is InChI=1S/C31H35BrN4O4/c1-7-28(38)34-14-22(15-34)33-27(37)16-35-20(5)29(25-13-21(32)11-17(2)30(25)35)31(39)36-18(3)12-24-23(19(36)4)9-8-10-26(24)40-6/h7-11,13,18-19,22H,1,12,14-16H2,2-6H3,(H,33,37)/t18-,19+/m1/s1. The van der Waals surface area contributed by atoms with Crippen molar-refractivity contribution < 1.29 is 19.1 Å². The van der Waals surface area contributed by atoms with E-state index in [1.54, 1.807) is 12.0 Å². The summed E-state index contributed by atoms with van der Waals surface area (Å²) in [6.07, 6.45) is 1.98. The summed E-state index contributed by atoms with van der Waals surface area (Å²) in [5.41, 5.74) is 5.45. The molecule has 2 aromatic carbocycles. The predicted molar refractivity (Wildman–Crippen MR) is 159 cm³/mol. The van der Waals surface area contributed by atoms with Gasteiger partial charge in [-0.25, -0.2) is 0 Å². The molecule has 1 aromatic heterocycles. The Morgan fingerprint density at radius 3 is 2.58 bits per heavy atom. The van der Waals surface area contributed by atoms with Crippen LogP contribution in [0.1, 0.15) is 52.6 Å². The van der Waals surface area contributed by atoms with E-state index >= 15 is 0 Å². The molecule has 0 saturated carbocycles. The van der Waals surface area contributed by atoms with Crippen LogP contribution >= 0.6 is 15.9 Å². The molecular formula is C31H35BrN4O4. The maximum absolute atomic E-state index is 14.4. The zero-order valence-corrected chi connectivity index (χ0v) is 25.2. The fourth-order valence-corrected chi connectivity index (χ4v) is 6.93. The molecule has 3 aromatic rings. The first-order chi connectivity index (χ1) is 19.0. The molecule has 210 valence electrons. The van der Waals surface area contributed by atoms with Gasteiger partial charge in [0.25, 0.3) is 5.91 Å². The van der Waals surface area contributed by atoms with Gasteiger partial charge in [-0.2, -0.15) is 0 Å². The quantitative estimate of drug-likeness (QED) is 0.413. The minimum Gasteiger partial charge on any atom is -0.496 e. The van der Waals surface area contributed by atoms with Crippen LogP contribution in [-0.2, 0) is 22.6 Å². The van der Waals surface area contributed by atoms with E-state index in [-0.39, 0.29) is 42.4 Å². The molecule has 5 rings (SSSR count). The van der Waals surface area contributed by atoms with Crippen molar-refractivity contribution in [1.82, 2.24) is 19.7 Å². The molecule has 0 aliphatic carbocycles. The second kappa shape index (κ2) is 10.8. The lowest BCUT2D eigenvalue weighted by atomic mass is 9.88. The molecular weight excluding hydrogens is 572 g/mol. The highest BCUT2D eigenvalue weighted by molar-refractivity contribution is 9.10. The van der Waals surface area contributed by atoms with Crippen molar-refractivity contribution in [2.45, 2.75) is 58.8 Å². The Morgan fingerprint density at radius 1 is 1.18 bits per heavy atom. The Bertz CT molecular complexity index is 1540. The van der Waals surface area contributed by atoms with Gasteiger partial charge in [0.1, 0.15) is 12.3 Å². The molecule has 1 fully saturated rings. The Labute approximate surface area is 243 Å². The molecule has 8 nitrogen and oxygen atoms in total. The van der Waals surface area contributed by atoms with E-state index < -0.39 is 0 Å². The summed E-state index contributed by atoms with van der Waals surface area (Å²) >= 11 is 3.61.